The standard InChI is InChI=1S/C20H12Br2N2O2/c21-14-4-1-12(2-5-14)19-17-11-13(3-10-18(17)24-26-19)20(25)23-16-8-6-15(22)7-9-16/h1-11H,(H,23,25). The summed E-state index contributed by atoms with van der Waals surface area (Å²) in [5.74, 6) is 0.461. The molecule has 1 aromatic heterocycles. The van der Waals surface area contributed by atoms with E-state index < -0.39 is 0 Å². The maximum absolute atomic E-state index is 12.6. The van der Waals surface area contributed by atoms with Crippen LogP contribution in [0.4, 0.5) is 5.69 Å². The molecule has 1 N–H and O–H groups in total. The van der Waals surface area contributed by atoms with Crippen LogP contribution >= 0.6 is 31.9 Å². The Kier molecular flexibility index (Phi) is 4.61. The summed E-state index contributed by atoms with van der Waals surface area (Å²) in [4.78, 5) is 12.6. The summed E-state index contributed by atoms with van der Waals surface area (Å²) in [7, 11) is 0. The Morgan fingerprint density at radius 3 is 2.23 bits per heavy atom. The van der Waals surface area contributed by atoms with Gasteiger partial charge in [0.05, 0.1) is 5.39 Å². The van der Waals surface area contributed by atoms with Gasteiger partial charge in [0, 0.05) is 25.8 Å². The summed E-state index contributed by atoms with van der Waals surface area (Å²) in [5.41, 5.74) is 2.89. The second-order valence-corrected chi connectivity index (χ2v) is 7.54. The molecule has 0 saturated carbocycles. The molecule has 0 atom stereocenters. The highest BCUT2D eigenvalue weighted by Gasteiger charge is 2.14. The summed E-state index contributed by atoms with van der Waals surface area (Å²) < 4.78 is 7.45. The number of amides is 1. The molecule has 0 aliphatic carbocycles. The van der Waals surface area contributed by atoms with Crippen molar-refractivity contribution in [3.63, 3.8) is 0 Å². The summed E-state index contributed by atoms with van der Waals surface area (Å²) in [6, 6.07) is 20.5. The highest BCUT2D eigenvalue weighted by Crippen LogP contribution is 2.30. The van der Waals surface area contributed by atoms with E-state index in [4.69, 9.17) is 4.52 Å². The minimum absolute atomic E-state index is 0.183. The Balaban J connectivity index is 1.68. The number of anilines is 1. The number of hydrogen-bond acceptors (Lipinski definition) is 3. The smallest absolute Gasteiger partial charge is 0.255 e. The van der Waals surface area contributed by atoms with Crippen molar-refractivity contribution >= 4 is 54.4 Å². The molecule has 1 amide bonds. The number of halogens is 2. The van der Waals surface area contributed by atoms with Crippen LogP contribution in [0, 0.1) is 0 Å². The van der Waals surface area contributed by atoms with Crippen molar-refractivity contribution < 1.29 is 9.32 Å². The first-order valence-corrected chi connectivity index (χ1v) is 9.41. The number of carbonyl (C=O) groups is 1. The lowest BCUT2D eigenvalue weighted by molar-refractivity contribution is 0.102. The Morgan fingerprint density at radius 2 is 1.54 bits per heavy atom. The molecule has 0 bridgehead atoms. The fourth-order valence-electron chi connectivity index (χ4n) is 2.63. The van der Waals surface area contributed by atoms with Gasteiger partial charge < -0.3 is 9.84 Å². The first-order valence-electron chi connectivity index (χ1n) is 7.82. The topological polar surface area (TPSA) is 55.1 Å². The third kappa shape index (κ3) is 3.43. The normalized spacial score (nSPS) is 10.8. The van der Waals surface area contributed by atoms with Crippen LogP contribution in [0.25, 0.3) is 22.2 Å². The van der Waals surface area contributed by atoms with Gasteiger partial charge in [0.15, 0.2) is 5.76 Å². The molecular weight excluding hydrogens is 460 g/mol. The third-order valence-corrected chi connectivity index (χ3v) is 5.00. The van der Waals surface area contributed by atoms with Crippen LogP contribution in [-0.2, 0) is 0 Å². The van der Waals surface area contributed by atoms with Crippen LogP contribution < -0.4 is 5.32 Å². The zero-order chi connectivity index (χ0) is 18.1. The van der Waals surface area contributed by atoms with Crippen LogP contribution in [-0.4, -0.2) is 11.1 Å². The van der Waals surface area contributed by atoms with Gasteiger partial charge in [-0.1, -0.05) is 37.0 Å². The van der Waals surface area contributed by atoms with Crippen molar-refractivity contribution in [2.45, 2.75) is 0 Å². The lowest BCUT2D eigenvalue weighted by atomic mass is 10.1. The fourth-order valence-corrected chi connectivity index (χ4v) is 3.16. The van der Waals surface area contributed by atoms with Gasteiger partial charge in [-0.15, -0.1) is 0 Å². The van der Waals surface area contributed by atoms with Crippen LogP contribution in [0.1, 0.15) is 10.4 Å². The highest BCUT2D eigenvalue weighted by atomic mass is 79.9. The third-order valence-electron chi connectivity index (χ3n) is 3.95. The number of fused-ring (bicyclic) bond motifs is 1. The number of hydrogen-bond donors (Lipinski definition) is 1. The van der Waals surface area contributed by atoms with Crippen LogP contribution in [0.15, 0.2) is 80.2 Å². The summed E-state index contributed by atoms with van der Waals surface area (Å²) in [5, 5.41) is 7.78. The number of rotatable bonds is 3. The Hall–Kier alpha value is -2.44. The molecule has 3 aromatic carbocycles. The molecule has 1 heterocycles. The van der Waals surface area contributed by atoms with Crippen molar-refractivity contribution in [2.75, 3.05) is 5.32 Å². The number of nitrogens with zero attached hydrogens (tertiary/aromatic N) is 1. The van der Waals surface area contributed by atoms with Gasteiger partial charge in [0.1, 0.15) is 5.52 Å². The number of nitrogens with one attached hydrogen (secondary N) is 1. The molecule has 4 aromatic rings. The fraction of sp³-hybridized carbons (Fsp3) is 0. The summed E-state index contributed by atoms with van der Waals surface area (Å²) in [6.07, 6.45) is 0. The SMILES string of the molecule is O=C(Nc1ccc(Br)cc1)c1ccc2noc(-c3ccc(Br)cc3)c2c1. The second-order valence-electron chi connectivity index (χ2n) is 5.71. The van der Waals surface area contributed by atoms with Crippen molar-refractivity contribution in [2.24, 2.45) is 0 Å². The predicted octanol–water partition coefficient (Wildman–Crippen LogP) is 6.27. The molecule has 0 spiro atoms. The summed E-state index contributed by atoms with van der Waals surface area (Å²) in [6.45, 7) is 0. The number of aromatic nitrogens is 1. The number of carbonyl (C=O) groups excluding carboxylic acids is 1. The highest BCUT2D eigenvalue weighted by molar-refractivity contribution is 9.10. The predicted molar refractivity (Wildman–Crippen MR) is 109 cm³/mol. The Morgan fingerprint density at radius 1 is 0.885 bits per heavy atom. The molecule has 0 saturated heterocycles. The van der Waals surface area contributed by atoms with Crippen LogP contribution in [0.2, 0.25) is 0 Å². The van der Waals surface area contributed by atoms with Gasteiger partial charge in [0.25, 0.3) is 5.91 Å². The van der Waals surface area contributed by atoms with Gasteiger partial charge in [-0.3, -0.25) is 4.79 Å². The Labute approximate surface area is 166 Å². The van der Waals surface area contributed by atoms with Gasteiger partial charge in [-0.2, -0.15) is 0 Å². The molecule has 0 aliphatic rings. The van der Waals surface area contributed by atoms with E-state index in [1.54, 1.807) is 18.2 Å². The van der Waals surface area contributed by atoms with Crippen LogP contribution in [0.5, 0.6) is 0 Å². The van der Waals surface area contributed by atoms with E-state index >= 15 is 0 Å². The molecule has 26 heavy (non-hydrogen) atoms. The first kappa shape index (κ1) is 17.0. The van der Waals surface area contributed by atoms with E-state index in [9.17, 15) is 4.79 Å². The quantitative estimate of drug-likeness (QED) is 0.383. The monoisotopic (exact) mass is 470 g/mol. The van der Waals surface area contributed by atoms with E-state index in [0.29, 0.717) is 16.8 Å². The van der Waals surface area contributed by atoms with E-state index in [2.05, 4.69) is 42.3 Å². The van der Waals surface area contributed by atoms with Crippen molar-refractivity contribution in [1.29, 1.82) is 0 Å². The van der Waals surface area contributed by atoms with Crippen LogP contribution in [0.3, 0.4) is 0 Å². The zero-order valence-corrected chi connectivity index (χ0v) is 16.5. The maximum Gasteiger partial charge on any atom is 0.255 e. The van der Waals surface area contributed by atoms with Crippen molar-refractivity contribution in [3.8, 4) is 11.3 Å². The number of benzene rings is 3. The summed E-state index contributed by atoms with van der Waals surface area (Å²) >= 11 is 6.80. The van der Waals surface area contributed by atoms with Gasteiger partial charge in [-0.25, -0.2) is 0 Å². The average molecular weight is 472 g/mol. The van der Waals surface area contributed by atoms with E-state index in [1.165, 1.54) is 0 Å². The minimum atomic E-state index is -0.183. The zero-order valence-electron chi connectivity index (χ0n) is 13.4. The lowest BCUT2D eigenvalue weighted by Crippen LogP contribution is -2.11. The van der Waals surface area contributed by atoms with E-state index in [1.807, 2.05) is 48.5 Å². The molecule has 0 unspecified atom stereocenters. The molecule has 128 valence electrons. The van der Waals surface area contributed by atoms with Crippen molar-refractivity contribution in [3.05, 3.63) is 81.2 Å². The van der Waals surface area contributed by atoms with E-state index in [0.717, 1.165) is 25.6 Å². The second kappa shape index (κ2) is 7.05. The van der Waals surface area contributed by atoms with Gasteiger partial charge in [0.2, 0.25) is 0 Å². The van der Waals surface area contributed by atoms with Crippen molar-refractivity contribution in [1.82, 2.24) is 5.16 Å². The molecule has 4 rings (SSSR count). The van der Waals surface area contributed by atoms with Gasteiger partial charge >= 0.3 is 0 Å². The molecular formula is C20H12Br2N2O2. The average Bonchev–Trinajstić information content (AvgIpc) is 3.07. The lowest BCUT2D eigenvalue weighted by Gasteiger charge is -2.05. The molecule has 0 radical (unpaired) electrons. The largest absolute Gasteiger partial charge is 0.355 e. The minimum Gasteiger partial charge on any atom is -0.355 e. The molecule has 0 fully saturated rings. The molecule has 6 heteroatoms. The molecule has 4 nitrogen and oxygen atoms in total. The first-order chi connectivity index (χ1) is 12.6. The van der Waals surface area contributed by atoms with Gasteiger partial charge in [-0.05, 0) is 66.7 Å². The molecule has 0 aliphatic heterocycles. The van der Waals surface area contributed by atoms with E-state index in [-0.39, 0.29) is 5.91 Å². The Bertz CT molecular complexity index is 1090. The maximum atomic E-state index is 12.6.